The van der Waals surface area contributed by atoms with E-state index in [-0.39, 0.29) is 23.0 Å². The molecule has 1 aliphatic rings. The van der Waals surface area contributed by atoms with Gasteiger partial charge in [0, 0.05) is 26.2 Å². The average molecular weight is 438 g/mol. The number of hydrogen-bond donors (Lipinski definition) is 4. The molecule has 0 saturated carbocycles. The lowest BCUT2D eigenvalue weighted by atomic mass is 9.95. The van der Waals surface area contributed by atoms with E-state index in [1.165, 1.54) is 18.1 Å². The summed E-state index contributed by atoms with van der Waals surface area (Å²) >= 11 is 0. The van der Waals surface area contributed by atoms with Crippen molar-refractivity contribution in [3.05, 3.63) is 83.1 Å². The van der Waals surface area contributed by atoms with Gasteiger partial charge in [-0.2, -0.15) is 0 Å². The molecule has 2 atom stereocenters. The predicted octanol–water partition coefficient (Wildman–Crippen LogP) is 3.50. The zero-order valence-electron chi connectivity index (χ0n) is 19.2. The van der Waals surface area contributed by atoms with Crippen molar-refractivity contribution < 1.29 is 14.7 Å². The van der Waals surface area contributed by atoms with Gasteiger partial charge >= 0.3 is 0 Å². The van der Waals surface area contributed by atoms with Gasteiger partial charge in [0.1, 0.15) is 11.3 Å². The number of aliphatic hydroxyl groups is 1. The van der Waals surface area contributed by atoms with Crippen molar-refractivity contribution in [2.45, 2.75) is 46.3 Å². The molecule has 4 N–H and O–H groups in total. The first-order valence-corrected chi connectivity index (χ1v) is 11.2. The number of carbonyl (C=O) groups excluding carboxylic acids is 2. The molecule has 6 nitrogen and oxygen atoms in total. The van der Waals surface area contributed by atoms with Gasteiger partial charge in [0.05, 0.1) is 6.04 Å². The Hall–Kier alpha value is -2.96. The highest BCUT2D eigenvalue weighted by atomic mass is 16.3. The van der Waals surface area contributed by atoms with Gasteiger partial charge < -0.3 is 21.1 Å². The van der Waals surface area contributed by atoms with Gasteiger partial charge in [0.25, 0.3) is 5.91 Å². The highest BCUT2D eigenvalue weighted by Crippen LogP contribution is 2.20. The monoisotopic (exact) mass is 437 g/mol. The minimum atomic E-state index is -0.468. The Morgan fingerprint density at radius 2 is 1.41 bits per heavy atom. The maximum absolute atomic E-state index is 11.7. The van der Waals surface area contributed by atoms with Crippen molar-refractivity contribution >= 4 is 11.7 Å². The Morgan fingerprint density at radius 3 is 1.78 bits per heavy atom. The van der Waals surface area contributed by atoms with Gasteiger partial charge in [-0.25, -0.2) is 0 Å². The molecule has 1 heterocycles. The third kappa shape index (κ3) is 7.94. The number of rotatable bonds is 9. The van der Waals surface area contributed by atoms with Crippen LogP contribution < -0.4 is 16.0 Å². The van der Waals surface area contributed by atoms with Gasteiger partial charge in [-0.3, -0.25) is 9.59 Å². The number of carbonyl (C=O) groups is 2. The minimum Gasteiger partial charge on any atom is -0.512 e. The lowest BCUT2D eigenvalue weighted by Crippen LogP contribution is -2.35. The van der Waals surface area contributed by atoms with Crippen LogP contribution in [-0.2, 0) is 22.7 Å². The van der Waals surface area contributed by atoms with Gasteiger partial charge in [-0.1, -0.05) is 80.9 Å². The van der Waals surface area contributed by atoms with Crippen molar-refractivity contribution in [2.24, 2.45) is 5.92 Å². The van der Waals surface area contributed by atoms with Crippen LogP contribution in [0.4, 0.5) is 0 Å². The van der Waals surface area contributed by atoms with Gasteiger partial charge in [0.15, 0.2) is 5.78 Å². The van der Waals surface area contributed by atoms with E-state index in [1.807, 2.05) is 26.0 Å². The smallest absolute Gasteiger partial charge is 0.259 e. The molecule has 0 unspecified atom stereocenters. The normalized spacial score (nSPS) is 17.9. The maximum atomic E-state index is 11.7. The summed E-state index contributed by atoms with van der Waals surface area (Å²) in [6.07, 6.45) is 0.814. The van der Waals surface area contributed by atoms with Crippen LogP contribution in [0.25, 0.3) is 0 Å². The van der Waals surface area contributed by atoms with Crippen molar-refractivity contribution in [1.29, 1.82) is 0 Å². The van der Waals surface area contributed by atoms with Crippen molar-refractivity contribution in [3.63, 3.8) is 0 Å². The predicted molar refractivity (Wildman–Crippen MR) is 128 cm³/mol. The lowest BCUT2D eigenvalue weighted by Gasteiger charge is -2.14. The highest BCUT2D eigenvalue weighted by Gasteiger charge is 2.39. The van der Waals surface area contributed by atoms with Crippen LogP contribution in [0, 0.1) is 5.92 Å². The van der Waals surface area contributed by atoms with Crippen LogP contribution in [0.15, 0.2) is 72.0 Å². The molecule has 1 amide bonds. The second-order valence-corrected chi connectivity index (χ2v) is 7.99. The largest absolute Gasteiger partial charge is 0.512 e. The van der Waals surface area contributed by atoms with Crippen LogP contribution in [0.5, 0.6) is 0 Å². The lowest BCUT2D eigenvalue weighted by molar-refractivity contribution is -0.117. The molecule has 0 aliphatic carbocycles. The fraction of sp³-hybridized carbons (Fsp3) is 0.385. The third-order valence-corrected chi connectivity index (χ3v) is 5.44. The van der Waals surface area contributed by atoms with Crippen LogP contribution in [0.2, 0.25) is 0 Å². The molecule has 0 aromatic heterocycles. The van der Waals surface area contributed by atoms with Crippen molar-refractivity contribution in [1.82, 2.24) is 16.0 Å². The summed E-state index contributed by atoms with van der Waals surface area (Å²) < 4.78 is 0. The van der Waals surface area contributed by atoms with E-state index in [4.69, 9.17) is 5.11 Å². The van der Waals surface area contributed by atoms with E-state index in [2.05, 4.69) is 64.5 Å². The quantitative estimate of drug-likeness (QED) is 0.209. The van der Waals surface area contributed by atoms with E-state index >= 15 is 0 Å². The number of Topliss-reactive ketones (excluding diaryl/α,β-unsaturated/α-hetero) is 1. The van der Waals surface area contributed by atoms with E-state index in [0.29, 0.717) is 0 Å². The van der Waals surface area contributed by atoms with Gasteiger partial charge in [-0.15, -0.1) is 0 Å². The molecule has 172 valence electrons. The SMILES string of the molecule is CC[C@H](C)[C@@H]1NC(=O)/C(=C(\C)O)C1=O.c1ccc(CNCCNCc2ccccc2)cc1. The Bertz CT molecular complexity index is 834. The summed E-state index contributed by atoms with van der Waals surface area (Å²) in [5.74, 6) is -0.841. The number of amides is 1. The molecule has 0 radical (unpaired) electrons. The number of allylic oxidation sites excluding steroid dienone is 1. The summed E-state index contributed by atoms with van der Waals surface area (Å²) in [7, 11) is 0. The molecular formula is C26H35N3O3. The molecule has 3 rings (SSSR count). The number of ketones is 1. The maximum Gasteiger partial charge on any atom is 0.259 e. The summed E-state index contributed by atoms with van der Waals surface area (Å²) in [5.41, 5.74) is 2.58. The Balaban J connectivity index is 0.000000235. The zero-order chi connectivity index (χ0) is 23.3. The van der Waals surface area contributed by atoms with Crippen LogP contribution in [0.1, 0.15) is 38.3 Å². The van der Waals surface area contributed by atoms with E-state index in [9.17, 15) is 9.59 Å². The molecule has 32 heavy (non-hydrogen) atoms. The summed E-state index contributed by atoms with van der Waals surface area (Å²) in [5, 5.41) is 18.6. The second kappa shape index (κ2) is 13.5. The number of hydrogen-bond acceptors (Lipinski definition) is 5. The van der Waals surface area contributed by atoms with Crippen LogP contribution in [-0.4, -0.2) is 35.9 Å². The standard InChI is InChI=1S/C16H20N2.C10H15NO3/c1-3-7-15(8-4-1)13-17-11-12-18-14-16-9-5-2-6-10-16;1-4-5(2)8-9(13)7(6(3)12)10(14)11-8/h1-10,17-18H,11-14H2;5,8,12H,4H2,1-3H3,(H,11,14)/b;7-6+/t;5-,8-/m.0/s1. The minimum absolute atomic E-state index is 0.0877. The molecule has 1 saturated heterocycles. The molecule has 0 bridgehead atoms. The molecule has 1 fully saturated rings. The topological polar surface area (TPSA) is 90.5 Å². The van der Waals surface area contributed by atoms with Crippen LogP contribution in [0.3, 0.4) is 0 Å². The summed E-state index contributed by atoms with van der Waals surface area (Å²) in [6.45, 7) is 9.06. The van der Waals surface area contributed by atoms with Crippen molar-refractivity contribution in [2.75, 3.05) is 13.1 Å². The first-order chi connectivity index (χ1) is 15.4. The summed E-state index contributed by atoms with van der Waals surface area (Å²) in [6, 6.07) is 20.5. The first-order valence-electron chi connectivity index (χ1n) is 11.2. The fourth-order valence-electron chi connectivity index (χ4n) is 3.36. The number of nitrogens with one attached hydrogen (secondary N) is 3. The number of benzene rings is 2. The Morgan fingerprint density at radius 1 is 0.938 bits per heavy atom. The Kier molecular flexibility index (Phi) is 10.6. The number of aliphatic hydroxyl groups excluding tert-OH is 1. The molecule has 1 aliphatic heterocycles. The van der Waals surface area contributed by atoms with Crippen molar-refractivity contribution in [3.8, 4) is 0 Å². The van der Waals surface area contributed by atoms with Gasteiger partial charge in [0.2, 0.25) is 0 Å². The van der Waals surface area contributed by atoms with E-state index in [0.717, 1.165) is 32.6 Å². The highest BCUT2D eigenvalue weighted by molar-refractivity contribution is 6.26. The Labute approximate surface area is 191 Å². The average Bonchev–Trinajstić information content (AvgIpc) is 3.11. The third-order valence-electron chi connectivity index (χ3n) is 5.44. The molecule has 0 spiro atoms. The van der Waals surface area contributed by atoms with Gasteiger partial charge in [-0.05, 0) is 24.0 Å². The molecule has 2 aromatic rings. The van der Waals surface area contributed by atoms with E-state index < -0.39 is 11.9 Å². The fourth-order valence-corrected chi connectivity index (χ4v) is 3.36. The molecular weight excluding hydrogens is 402 g/mol. The summed E-state index contributed by atoms with van der Waals surface area (Å²) in [4.78, 5) is 23.0. The first kappa shape index (κ1) is 25.3. The molecule has 2 aromatic carbocycles. The van der Waals surface area contributed by atoms with Crippen LogP contribution >= 0.6 is 0 Å². The van der Waals surface area contributed by atoms with E-state index in [1.54, 1.807) is 0 Å². The molecule has 6 heteroatoms. The second-order valence-electron chi connectivity index (χ2n) is 7.99. The zero-order valence-corrected chi connectivity index (χ0v) is 19.2.